The van der Waals surface area contributed by atoms with Gasteiger partial charge in [-0.05, 0) is 31.5 Å². The second kappa shape index (κ2) is 6.33. The zero-order valence-corrected chi connectivity index (χ0v) is 11.6. The number of hydrogen-bond acceptors (Lipinski definition) is 4. The van der Waals surface area contributed by atoms with Crippen LogP contribution in [-0.2, 0) is 13.1 Å². The van der Waals surface area contributed by atoms with Gasteiger partial charge in [0.1, 0.15) is 5.69 Å². The number of rotatable bonds is 6. The van der Waals surface area contributed by atoms with Crippen LogP contribution in [0.4, 0.5) is 5.69 Å². The molecular weight excluding hydrogens is 238 g/mol. The van der Waals surface area contributed by atoms with E-state index in [1.807, 2.05) is 6.20 Å². The van der Waals surface area contributed by atoms with Crippen molar-refractivity contribution in [2.75, 3.05) is 18.0 Å². The minimum absolute atomic E-state index is 0.582. The number of anilines is 1. The molecule has 19 heavy (non-hydrogen) atoms. The van der Waals surface area contributed by atoms with E-state index >= 15 is 0 Å². The highest BCUT2D eigenvalue weighted by atomic mass is 15.4. The summed E-state index contributed by atoms with van der Waals surface area (Å²) in [5.74, 6) is 0. The second-order valence-electron chi connectivity index (χ2n) is 4.61. The smallest absolute Gasteiger partial charge is 0.102 e. The molecule has 5 heteroatoms. The molecule has 0 spiro atoms. The van der Waals surface area contributed by atoms with Crippen molar-refractivity contribution in [2.45, 2.75) is 26.9 Å². The molecule has 0 atom stereocenters. The van der Waals surface area contributed by atoms with Crippen molar-refractivity contribution in [3.8, 4) is 0 Å². The average Bonchev–Trinajstić information content (AvgIpc) is 2.84. The van der Waals surface area contributed by atoms with E-state index in [2.05, 4.69) is 53.3 Å². The van der Waals surface area contributed by atoms with Gasteiger partial charge in [-0.15, -0.1) is 5.10 Å². The quantitative estimate of drug-likeness (QED) is 0.855. The number of aryl methyl sites for hydroxylation is 1. The third kappa shape index (κ3) is 3.54. The SMILES string of the molecule is CCN(Cc1cn(CCN)nn1)c1cccc(C)c1. The van der Waals surface area contributed by atoms with E-state index in [-0.39, 0.29) is 0 Å². The van der Waals surface area contributed by atoms with Crippen LogP contribution in [0.15, 0.2) is 30.5 Å². The van der Waals surface area contributed by atoms with E-state index in [0.29, 0.717) is 13.1 Å². The minimum atomic E-state index is 0.582. The predicted molar refractivity (Wildman–Crippen MR) is 77.0 cm³/mol. The Hall–Kier alpha value is -1.88. The monoisotopic (exact) mass is 259 g/mol. The average molecular weight is 259 g/mol. The van der Waals surface area contributed by atoms with Crippen LogP contribution in [0.25, 0.3) is 0 Å². The van der Waals surface area contributed by atoms with Crippen LogP contribution in [0.1, 0.15) is 18.2 Å². The van der Waals surface area contributed by atoms with Gasteiger partial charge in [-0.25, -0.2) is 0 Å². The maximum Gasteiger partial charge on any atom is 0.102 e. The van der Waals surface area contributed by atoms with Gasteiger partial charge in [0, 0.05) is 18.8 Å². The molecule has 0 aliphatic heterocycles. The van der Waals surface area contributed by atoms with E-state index in [0.717, 1.165) is 18.8 Å². The molecule has 1 aromatic heterocycles. The zero-order valence-electron chi connectivity index (χ0n) is 11.6. The predicted octanol–water partition coefficient (Wildman–Crippen LogP) is 1.57. The van der Waals surface area contributed by atoms with Gasteiger partial charge >= 0.3 is 0 Å². The topological polar surface area (TPSA) is 60.0 Å². The molecule has 0 aliphatic rings. The molecule has 2 N–H and O–H groups in total. The molecule has 0 unspecified atom stereocenters. The first-order valence-corrected chi connectivity index (χ1v) is 6.63. The lowest BCUT2D eigenvalue weighted by Gasteiger charge is -2.22. The fourth-order valence-electron chi connectivity index (χ4n) is 2.06. The summed E-state index contributed by atoms with van der Waals surface area (Å²) >= 11 is 0. The molecular formula is C14H21N5. The summed E-state index contributed by atoms with van der Waals surface area (Å²) in [6.07, 6.45) is 1.96. The number of hydrogen-bond donors (Lipinski definition) is 1. The van der Waals surface area contributed by atoms with Crippen LogP contribution in [0.3, 0.4) is 0 Å². The van der Waals surface area contributed by atoms with Crippen molar-refractivity contribution >= 4 is 5.69 Å². The van der Waals surface area contributed by atoms with Crippen molar-refractivity contribution in [2.24, 2.45) is 5.73 Å². The first kappa shape index (κ1) is 13.5. The lowest BCUT2D eigenvalue weighted by Crippen LogP contribution is -2.22. The third-order valence-electron chi connectivity index (χ3n) is 3.05. The van der Waals surface area contributed by atoms with Crippen LogP contribution < -0.4 is 10.6 Å². The summed E-state index contributed by atoms with van der Waals surface area (Å²) in [4.78, 5) is 2.28. The third-order valence-corrected chi connectivity index (χ3v) is 3.05. The molecule has 0 saturated heterocycles. The minimum Gasteiger partial charge on any atom is -0.366 e. The summed E-state index contributed by atoms with van der Waals surface area (Å²) < 4.78 is 1.79. The van der Waals surface area contributed by atoms with Gasteiger partial charge in [-0.1, -0.05) is 17.3 Å². The highest BCUT2D eigenvalue weighted by Crippen LogP contribution is 2.17. The van der Waals surface area contributed by atoms with Gasteiger partial charge < -0.3 is 10.6 Å². The molecule has 5 nitrogen and oxygen atoms in total. The highest BCUT2D eigenvalue weighted by Gasteiger charge is 2.08. The largest absolute Gasteiger partial charge is 0.366 e. The molecule has 0 fully saturated rings. The first-order valence-electron chi connectivity index (χ1n) is 6.63. The molecule has 0 amide bonds. The van der Waals surface area contributed by atoms with Crippen molar-refractivity contribution in [1.82, 2.24) is 15.0 Å². The van der Waals surface area contributed by atoms with E-state index in [9.17, 15) is 0 Å². The number of nitrogens with two attached hydrogens (primary N) is 1. The summed E-state index contributed by atoms with van der Waals surface area (Å²) in [6, 6.07) is 8.50. The number of benzene rings is 1. The van der Waals surface area contributed by atoms with E-state index in [4.69, 9.17) is 5.73 Å². The standard InChI is InChI=1S/C14H21N5/c1-3-18(14-6-4-5-12(2)9-14)10-13-11-19(8-7-15)17-16-13/h4-6,9,11H,3,7-8,10,15H2,1-2H3. The van der Waals surface area contributed by atoms with E-state index < -0.39 is 0 Å². The normalized spacial score (nSPS) is 10.7. The first-order chi connectivity index (χ1) is 9.22. The summed E-state index contributed by atoms with van der Waals surface area (Å²) in [6.45, 7) is 7.25. The van der Waals surface area contributed by atoms with Crippen molar-refractivity contribution in [1.29, 1.82) is 0 Å². The van der Waals surface area contributed by atoms with Crippen LogP contribution in [0.2, 0.25) is 0 Å². The Morgan fingerprint density at radius 3 is 2.89 bits per heavy atom. The Labute approximate surface area is 114 Å². The van der Waals surface area contributed by atoms with Gasteiger partial charge in [-0.3, -0.25) is 4.68 Å². The summed E-state index contributed by atoms with van der Waals surface area (Å²) in [5.41, 5.74) is 8.96. The highest BCUT2D eigenvalue weighted by molar-refractivity contribution is 5.48. The Morgan fingerprint density at radius 1 is 1.37 bits per heavy atom. The molecule has 2 rings (SSSR count). The molecule has 102 valence electrons. The molecule has 2 aromatic rings. The van der Waals surface area contributed by atoms with Gasteiger partial charge in [0.25, 0.3) is 0 Å². The zero-order chi connectivity index (χ0) is 13.7. The van der Waals surface area contributed by atoms with Crippen LogP contribution >= 0.6 is 0 Å². The summed E-state index contributed by atoms with van der Waals surface area (Å²) in [5, 5.41) is 8.25. The molecule has 0 saturated carbocycles. The van der Waals surface area contributed by atoms with Crippen LogP contribution in [-0.4, -0.2) is 28.1 Å². The molecule has 1 heterocycles. The van der Waals surface area contributed by atoms with Gasteiger partial charge in [0.15, 0.2) is 0 Å². The maximum atomic E-state index is 5.51. The molecule has 0 radical (unpaired) electrons. The van der Waals surface area contributed by atoms with Crippen molar-refractivity contribution in [3.05, 3.63) is 41.7 Å². The van der Waals surface area contributed by atoms with Crippen molar-refractivity contribution < 1.29 is 0 Å². The van der Waals surface area contributed by atoms with E-state index in [1.165, 1.54) is 11.3 Å². The fraction of sp³-hybridized carbons (Fsp3) is 0.429. The fourth-order valence-corrected chi connectivity index (χ4v) is 2.06. The summed E-state index contributed by atoms with van der Waals surface area (Å²) in [7, 11) is 0. The maximum absolute atomic E-state index is 5.51. The molecule has 0 bridgehead atoms. The Bertz CT molecular complexity index is 520. The molecule has 1 aromatic carbocycles. The second-order valence-corrected chi connectivity index (χ2v) is 4.61. The van der Waals surface area contributed by atoms with Crippen LogP contribution in [0, 0.1) is 6.92 Å². The van der Waals surface area contributed by atoms with Gasteiger partial charge in [0.05, 0.1) is 19.3 Å². The Kier molecular flexibility index (Phi) is 4.52. The number of nitrogens with zero attached hydrogens (tertiary/aromatic N) is 4. The lowest BCUT2D eigenvalue weighted by atomic mass is 10.2. The van der Waals surface area contributed by atoms with Gasteiger partial charge in [0.2, 0.25) is 0 Å². The lowest BCUT2D eigenvalue weighted by molar-refractivity contribution is 0.598. The van der Waals surface area contributed by atoms with E-state index in [1.54, 1.807) is 4.68 Å². The van der Waals surface area contributed by atoms with Crippen LogP contribution in [0.5, 0.6) is 0 Å². The number of aromatic nitrogens is 3. The van der Waals surface area contributed by atoms with Crippen molar-refractivity contribution in [3.63, 3.8) is 0 Å². The Balaban J connectivity index is 2.09. The Morgan fingerprint density at radius 2 is 2.21 bits per heavy atom. The molecule has 0 aliphatic carbocycles. The van der Waals surface area contributed by atoms with Gasteiger partial charge in [-0.2, -0.15) is 0 Å².